The molecule has 140 valence electrons. The Morgan fingerprint density at radius 3 is 2.26 bits per heavy atom. The number of nitrogens with one attached hydrogen (secondary N) is 1. The molecule has 3 rings (SSSR count). The molecule has 0 aliphatic carbocycles. The predicted octanol–water partition coefficient (Wildman–Crippen LogP) is 2.58. The number of anilines is 1. The van der Waals surface area contributed by atoms with Gasteiger partial charge in [0.1, 0.15) is 0 Å². The highest BCUT2D eigenvalue weighted by Crippen LogP contribution is 2.24. The molecule has 1 aliphatic rings. The number of likely N-dealkylation sites (N-methyl/N-ethyl adjacent to an activating group) is 1. The molecular formula is C20H21N3O3S. The van der Waals surface area contributed by atoms with Crippen molar-refractivity contribution in [1.29, 1.82) is 0 Å². The van der Waals surface area contributed by atoms with E-state index in [4.69, 9.17) is 0 Å². The predicted molar refractivity (Wildman–Crippen MR) is 106 cm³/mol. The Morgan fingerprint density at radius 1 is 1.04 bits per heavy atom. The van der Waals surface area contributed by atoms with E-state index in [1.807, 2.05) is 30.5 Å². The number of carbonyl (C=O) groups is 3. The van der Waals surface area contributed by atoms with Gasteiger partial charge < -0.3 is 5.32 Å². The molecular weight excluding hydrogens is 362 g/mol. The van der Waals surface area contributed by atoms with Gasteiger partial charge in [-0.15, -0.1) is 11.8 Å². The fourth-order valence-corrected chi connectivity index (χ4v) is 3.53. The number of thioether (sulfide) groups is 1. The zero-order valence-corrected chi connectivity index (χ0v) is 16.1. The molecule has 0 aromatic heterocycles. The molecule has 1 N–H and O–H groups in total. The van der Waals surface area contributed by atoms with E-state index in [0.717, 1.165) is 10.6 Å². The first kappa shape index (κ1) is 19.1. The van der Waals surface area contributed by atoms with Crippen LogP contribution in [0.1, 0.15) is 20.7 Å². The summed E-state index contributed by atoms with van der Waals surface area (Å²) in [6, 6.07) is 14.4. The first-order chi connectivity index (χ1) is 13.0. The molecule has 0 spiro atoms. The number of carbonyl (C=O) groups excluding carboxylic acids is 3. The van der Waals surface area contributed by atoms with Crippen LogP contribution in [0.3, 0.4) is 0 Å². The summed E-state index contributed by atoms with van der Waals surface area (Å²) in [6.07, 6.45) is 1.96. The van der Waals surface area contributed by atoms with Gasteiger partial charge in [0.25, 0.3) is 11.8 Å². The molecule has 2 aromatic rings. The van der Waals surface area contributed by atoms with Gasteiger partial charge in [0.15, 0.2) is 0 Å². The number of hydrogen-bond acceptors (Lipinski definition) is 5. The molecule has 0 radical (unpaired) electrons. The van der Waals surface area contributed by atoms with Crippen LogP contribution in [0.25, 0.3) is 0 Å². The SMILES string of the molecule is CSc1ccccc1NC(=O)CN(C)CCN1C(=O)c2ccccc2C1=O. The largest absolute Gasteiger partial charge is 0.324 e. The maximum atomic E-state index is 12.4. The zero-order valence-electron chi connectivity index (χ0n) is 15.3. The fraction of sp³-hybridized carbons (Fsp3) is 0.250. The summed E-state index contributed by atoms with van der Waals surface area (Å²) < 4.78 is 0. The van der Waals surface area contributed by atoms with E-state index in [1.165, 1.54) is 4.90 Å². The number of benzene rings is 2. The third kappa shape index (κ3) is 4.20. The van der Waals surface area contributed by atoms with Crippen LogP contribution in [0, 0.1) is 0 Å². The lowest BCUT2D eigenvalue weighted by atomic mass is 10.1. The number of hydrogen-bond donors (Lipinski definition) is 1. The number of nitrogens with zero attached hydrogens (tertiary/aromatic N) is 2. The second-order valence-corrected chi connectivity index (χ2v) is 7.14. The van der Waals surface area contributed by atoms with Crippen LogP contribution < -0.4 is 5.32 Å². The summed E-state index contributed by atoms with van der Waals surface area (Å²) in [4.78, 5) is 41.0. The molecule has 1 heterocycles. The van der Waals surface area contributed by atoms with Gasteiger partial charge in [-0.3, -0.25) is 24.2 Å². The Morgan fingerprint density at radius 2 is 1.63 bits per heavy atom. The molecule has 0 saturated heterocycles. The van der Waals surface area contributed by atoms with Crippen molar-refractivity contribution in [1.82, 2.24) is 9.80 Å². The third-order valence-corrected chi connectivity index (χ3v) is 5.17. The molecule has 27 heavy (non-hydrogen) atoms. The quantitative estimate of drug-likeness (QED) is 0.588. The maximum Gasteiger partial charge on any atom is 0.261 e. The Hall–Kier alpha value is -2.64. The van der Waals surface area contributed by atoms with Crippen LogP contribution in [-0.4, -0.2) is 60.5 Å². The summed E-state index contributed by atoms with van der Waals surface area (Å²) >= 11 is 1.57. The zero-order chi connectivity index (χ0) is 19.4. The highest BCUT2D eigenvalue weighted by atomic mass is 32.2. The normalized spacial score (nSPS) is 13.2. The fourth-order valence-electron chi connectivity index (χ4n) is 2.97. The van der Waals surface area contributed by atoms with E-state index < -0.39 is 0 Å². The minimum absolute atomic E-state index is 0.138. The minimum atomic E-state index is -0.276. The number of imide groups is 1. The summed E-state index contributed by atoms with van der Waals surface area (Å²) in [7, 11) is 1.79. The lowest BCUT2D eigenvalue weighted by Gasteiger charge is -2.20. The van der Waals surface area contributed by atoms with Crippen molar-refractivity contribution in [2.24, 2.45) is 0 Å². The number of amides is 3. The third-order valence-electron chi connectivity index (χ3n) is 4.38. The molecule has 0 saturated carbocycles. The van der Waals surface area contributed by atoms with E-state index in [9.17, 15) is 14.4 Å². The molecule has 0 fully saturated rings. The van der Waals surface area contributed by atoms with Crippen molar-refractivity contribution in [3.63, 3.8) is 0 Å². The van der Waals surface area contributed by atoms with Crippen LogP contribution >= 0.6 is 11.8 Å². The molecule has 2 aromatic carbocycles. The van der Waals surface area contributed by atoms with Crippen molar-refractivity contribution in [3.8, 4) is 0 Å². The Balaban J connectivity index is 1.53. The van der Waals surface area contributed by atoms with Crippen LogP contribution in [0.15, 0.2) is 53.4 Å². The summed E-state index contributed by atoms with van der Waals surface area (Å²) in [6.45, 7) is 0.840. The smallest absolute Gasteiger partial charge is 0.261 e. The van der Waals surface area contributed by atoms with E-state index in [-0.39, 0.29) is 30.8 Å². The maximum absolute atomic E-state index is 12.4. The molecule has 3 amide bonds. The Kier molecular flexibility index (Phi) is 5.93. The topological polar surface area (TPSA) is 69.7 Å². The van der Waals surface area contributed by atoms with Gasteiger partial charge in [0, 0.05) is 18.0 Å². The molecule has 0 bridgehead atoms. The monoisotopic (exact) mass is 383 g/mol. The summed E-state index contributed by atoms with van der Waals surface area (Å²) in [5.74, 6) is -0.689. The summed E-state index contributed by atoms with van der Waals surface area (Å²) in [5, 5.41) is 2.90. The van der Waals surface area contributed by atoms with Gasteiger partial charge in [0.2, 0.25) is 5.91 Å². The highest BCUT2D eigenvalue weighted by Gasteiger charge is 2.34. The van der Waals surface area contributed by atoms with Gasteiger partial charge in [-0.2, -0.15) is 0 Å². The van der Waals surface area contributed by atoms with Gasteiger partial charge in [0.05, 0.1) is 23.4 Å². The molecule has 0 unspecified atom stereocenters. The van der Waals surface area contributed by atoms with Crippen LogP contribution in [-0.2, 0) is 4.79 Å². The van der Waals surface area contributed by atoms with Crippen molar-refractivity contribution in [2.45, 2.75) is 4.90 Å². The van der Waals surface area contributed by atoms with E-state index in [1.54, 1.807) is 48.0 Å². The van der Waals surface area contributed by atoms with Gasteiger partial charge in [-0.05, 0) is 37.6 Å². The molecule has 0 atom stereocenters. The van der Waals surface area contributed by atoms with E-state index >= 15 is 0 Å². The van der Waals surface area contributed by atoms with Crippen LogP contribution in [0.5, 0.6) is 0 Å². The molecule has 7 heteroatoms. The second-order valence-electron chi connectivity index (χ2n) is 6.29. The lowest BCUT2D eigenvalue weighted by molar-refractivity contribution is -0.117. The molecule has 6 nitrogen and oxygen atoms in total. The lowest BCUT2D eigenvalue weighted by Crippen LogP contribution is -2.39. The first-order valence-electron chi connectivity index (χ1n) is 8.58. The average molecular weight is 383 g/mol. The number of rotatable bonds is 7. The van der Waals surface area contributed by atoms with Crippen molar-refractivity contribution < 1.29 is 14.4 Å². The van der Waals surface area contributed by atoms with Crippen molar-refractivity contribution in [3.05, 3.63) is 59.7 Å². The number of para-hydroxylation sites is 1. The van der Waals surface area contributed by atoms with E-state index in [0.29, 0.717) is 17.7 Å². The standard InChI is InChI=1S/C20H21N3O3S/c1-22(13-18(24)21-16-9-5-6-10-17(16)27-2)11-12-23-19(25)14-7-3-4-8-15(14)20(23)26/h3-10H,11-13H2,1-2H3,(H,21,24). The number of fused-ring (bicyclic) bond motifs is 1. The van der Waals surface area contributed by atoms with Crippen molar-refractivity contribution >= 4 is 35.2 Å². The van der Waals surface area contributed by atoms with Crippen LogP contribution in [0.4, 0.5) is 5.69 Å². The Bertz CT molecular complexity index is 849. The van der Waals surface area contributed by atoms with Crippen molar-refractivity contribution in [2.75, 3.05) is 38.3 Å². The molecule has 1 aliphatic heterocycles. The van der Waals surface area contributed by atoms with Gasteiger partial charge in [-0.1, -0.05) is 24.3 Å². The Labute approximate surface area is 162 Å². The first-order valence-corrected chi connectivity index (χ1v) is 9.80. The van der Waals surface area contributed by atoms with Crippen LogP contribution in [0.2, 0.25) is 0 Å². The van der Waals surface area contributed by atoms with Gasteiger partial charge >= 0.3 is 0 Å². The second kappa shape index (κ2) is 8.37. The van der Waals surface area contributed by atoms with E-state index in [2.05, 4.69) is 5.32 Å². The minimum Gasteiger partial charge on any atom is -0.324 e. The highest BCUT2D eigenvalue weighted by molar-refractivity contribution is 7.98. The summed E-state index contributed by atoms with van der Waals surface area (Å²) in [5.41, 5.74) is 1.66. The van der Waals surface area contributed by atoms with Gasteiger partial charge in [-0.25, -0.2) is 0 Å². The average Bonchev–Trinajstić information content (AvgIpc) is 2.91.